The Balaban J connectivity index is 1.68. The van der Waals surface area contributed by atoms with Crippen LogP contribution in [0, 0.1) is 12.7 Å². The first-order valence-corrected chi connectivity index (χ1v) is 9.34. The highest BCUT2D eigenvalue weighted by atomic mass is 19.1. The molecular weight excluding hydrogens is 419 g/mol. The number of imide groups is 2. The number of rotatable bonds is 4. The summed E-state index contributed by atoms with van der Waals surface area (Å²) in [6.45, 7) is 1.69. The summed E-state index contributed by atoms with van der Waals surface area (Å²) < 4.78 is 19.8. The summed E-state index contributed by atoms with van der Waals surface area (Å²) >= 11 is 0. The van der Waals surface area contributed by atoms with Crippen molar-refractivity contribution >= 4 is 35.6 Å². The lowest BCUT2D eigenvalue weighted by Gasteiger charge is -2.26. The number of benzene rings is 2. The zero-order valence-electron chi connectivity index (χ0n) is 16.5. The second kappa shape index (κ2) is 7.95. The summed E-state index contributed by atoms with van der Waals surface area (Å²) in [4.78, 5) is 48.8. The third-order valence-corrected chi connectivity index (χ3v) is 4.84. The normalized spacial score (nSPS) is 15.2. The average Bonchev–Trinajstić information content (AvgIpc) is 3.20. The highest BCUT2D eigenvalue weighted by Crippen LogP contribution is 2.29. The highest BCUT2D eigenvalue weighted by Gasteiger charge is 2.38. The van der Waals surface area contributed by atoms with Crippen molar-refractivity contribution in [1.82, 2.24) is 5.32 Å². The summed E-state index contributed by atoms with van der Waals surface area (Å²) in [6, 6.07) is 11.5. The fourth-order valence-corrected chi connectivity index (χ4v) is 3.29. The quantitative estimate of drug-likeness (QED) is 0.499. The number of halogens is 1. The number of carbonyl (C=O) groups is 4. The number of barbiturate groups is 1. The van der Waals surface area contributed by atoms with Crippen LogP contribution in [0.4, 0.5) is 14.9 Å². The summed E-state index contributed by atoms with van der Waals surface area (Å²) in [5.41, 5.74) is 0.516. The number of furan rings is 1. The van der Waals surface area contributed by atoms with E-state index >= 15 is 0 Å². The van der Waals surface area contributed by atoms with Crippen molar-refractivity contribution in [2.45, 2.75) is 6.92 Å². The minimum absolute atomic E-state index is 0.0162. The molecule has 0 bridgehead atoms. The Morgan fingerprint density at radius 3 is 2.53 bits per heavy atom. The maximum absolute atomic E-state index is 14.1. The van der Waals surface area contributed by atoms with Crippen LogP contribution in [0.25, 0.3) is 17.4 Å². The number of nitrogens with zero attached hydrogens (tertiary/aromatic N) is 1. The Labute approximate surface area is 180 Å². The maximum Gasteiger partial charge on any atom is 0.336 e. The van der Waals surface area contributed by atoms with E-state index < -0.39 is 35.2 Å². The van der Waals surface area contributed by atoms with E-state index in [4.69, 9.17) is 4.42 Å². The van der Waals surface area contributed by atoms with Gasteiger partial charge in [0, 0.05) is 5.56 Å². The lowest BCUT2D eigenvalue weighted by Crippen LogP contribution is -2.54. The first-order chi connectivity index (χ1) is 15.3. The topological polar surface area (TPSA) is 120 Å². The molecule has 160 valence electrons. The number of aromatic carboxylic acids is 1. The predicted octanol–water partition coefficient (Wildman–Crippen LogP) is 2.42. The number of amides is 4. The van der Waals surface area contributed by atoms with Gasteiger partial charge in [-0.2, -0.15) is 0 Å². The molecular formula is C23H14FN2O6-. The van der Waals surface area contributed by atoms with E-state index in [1.807, 2.05) is 5.32 Å². The summed E-state index contributed by atoms with van der Waals surface area (Å²) in [7, 11) is 0. The molecule has 2 heterocycles. The summed E-state index contributed by atoms with van der Waals surface area (Å²) in [6.07, 6.45) is 1.15. The number of carboxylic acid groups (broad SMARTS) is 1. The van der Waals surface area contributed by atoms with E-state index in [2.05, 4.69) is 0 Å². The first-order valence-electron chi connectivity index (χ1n) is 9.34. The monoisotopic (exact) mass is 433 g/mol. The van der Waals surface area contributed by atoms with Crippen molar-refractivity contribution in [2.24, 2.45) is 0 Å². The molecule has 1 saturated heterocycles. The molecule has 1 aliphatic rings. The third kappa shape index (κ3) is 3.67. The molecule has 1 N–H and O–H groups in total. The zero-order chi connectivity index (χ0) is 23.0. The van der Waals surface area contributed by atoms with Crippen molar-refractivity contribution in [2.75, 3.05) is 4.90 Å². The van der Waals surface area contributed by atoms with Gasteiger partial charge in [-0.3, -0.25) is 14.9 Å². The first kappa shape index (κ1) is 20.7. The van der Waals surface area contributed by atoms with Crippen LogP contribution >= 0.6 is 0 Å². The van der Waals surface area contributed by atoms with E-state index in [0.29, 0.717) is 21.8 Å². The van der Waals surface area contributed by atoms with Gasteiger partial charge in [0.1, 0.15) is 22.9 Å². The van der Waals surface area contributed by atoms with Crippen molar-refractivity contribution in [3.05, 3.63) is 82.9 Å². The number of carbonyl (C=O) groups excluding carboxylic acids is 4. The molecule has 0 spiro atoms. The van der Waals surface area contributed by atoms with Crippen LogP contribution in [0.5, 0.6) is 0 Å². The van der Waals surface area contributed by atoms with Crippen molar-refractivity contribution < 1.29 is 33.1 Å². The number of nitrogens with one attached hydrogen (secondary N) is 1. The number of aryl methyl sites for hydroxylation is 1. The van der Waals surface area contributed by atoms with Gasteiger partial charge < -0.3 is 14.3 Å². The van der Waals surface area contributed by atoms with E-state index in [9.17, 15) is 28.7 Å². The van der Waals surface area contributed by atoms with Crippen LogP contribution in [0.3, 0.4) is 0 Å². The zero-order valence-corrected chi connectivity index (χ0v) is 16.5. The van der Waals surface area contributed by atoms with Gasteiger partial charge in [-0.05, 0) is 54.5 Å². The van der Waals surface area contributed by atoms with Gasteiger partial charge in [0.15, 0.2) is 0 Å². The minimum Gasteiger partial charge on any atom is -0.545 e. The Bertz CT molecular complexity index is 1320. The number of hydrogen-bond donors (Lipinski definition) is 1. The third-order valence-electron chi connectivity index (χ3n) is 4.84. The predicted molar refractivity (Wildman–Crippen MR) is 109 cm³/mol. The van der Waals surface area contributed by atoms with Gasteiger partial charge in [-0.15, -0.1) is 0 Å². The minimum atomic E-state index is -1.31. The number of anilines is 1. The van der Waals surface area contributed by atoms with E-state index in [1.54, 1.807) is 19.1 Å². The van der Waals surface area contributed by atoms with Crippen molar-refractivity contribution in [1.29, 1.82) is 0 Å². The summed E-state index contributed by atoms with van der Waals surface area (Å²) in [5, 5.41) is 13.0. The van der Waals surface area contributed by atoms with Crippen LogP contribution in [-0.2, 0) is 9.59 Å². The molecule has 1 aliphatic heterocycles. The molecule has 1 aromatic heterocycles. The SMILES string of the molecule is Cc1cc(C(=O)[O-])ccc1-c1ccc(/C=C2/C(=O)NC(=O)N(c3ccccc3F)C2=O)o1. The Morgan fingerprint density at radius 1 is 1.09 bits per heavy atom. The number of hydrogen-bond acceptors (Lipinski definition) is 6. The number of urea groups is 1. The molecule has 0 unspecified atom stereocenters. The van der Waals surface area contributed by atoms with Crippen LogP contribution < -0.4 is 15.3 Å². The van der Waals surface area contributed by atoms with Gasteiger partial charge in [0.25, 0.3) is 11.8 Å². The van der Waals surface area contributed by atoms with Crippen molar-refractivity contribution in [3.63, 3.8) is 0 Å². The molecule has 9 heteroatoms. The molecule has 4 rings (SSSR count). The second-order valence-electron chi connectivity index (χ2n) is 6.93. The average molecular weight is 433 g/mol. The smallest absolute Gasteiger partial charge is 0.336 e. The number of para-hydroxylation sites is 1. The van der Waals surface area contributed by atoms with Gasteiger partial charge >= 0.3 is 6.03 Å². The van der Waals surface area contributed by atoms with Gasteiger partial charge in [-0.1, -0.05) is 24.3 Å². The number of carboxylic acids is 1. The van der Waals surface area contributed by atoms with Gasteiger partial charge in [0.2, 0.25) is 0 Å². The van der Waals surface area contributed by atoms with Crippen LogP contribution in [-0.4, -0.2) is 23.8 Å². The second-order valence-corrected chi connectivity index (χ2v) is 6.93. The van der Waals surface area contributed by atoms with Crippen LogP contribution in [0.1, 0.15) is 21.7 Å². The lowest BCUT2D eigenvalue weighted by atomic mass is 10.0. The molecule has 1 fully saturated rings. The fraction of sp³-hybridized carbons (Fsp3) is 0.0435. The Kier molecular flexibility index (Phi) is 5.15. The van der Waals surface area contributed by atoms with Gasteiger partial charge in [-0.25, -0.2) is 14.1 Å². The van der Waals surface area contributed by atoms with Gasteiger partial charge in [0.05, 0.1) is 11.7 Å². The van der Waals surface area contributed by atoms with E-state index in [1.165, 1.54) is 36.4 Å². The standard InChI is InChI=1S/C23H15FN2O6/c1-12-10-13(22(29)30)6-8-15(12)19-9-7-14(32-19)11-16-20(27)25-23(31)26(21(16)28)18-5-3-2-4-17(18)24/h2-11H,1H3,(H,29,30)(H,25,27,31)/p-1/b16-11-. The Hall–Kier alpha value is -4.53. The molecule has 32 heavy (non-hydrogen) atoms. The summed E-state index contributed by atoms with van der Waals surface area (Å²) in [5.74, 6) is -3.56. The molecule has 0 saturated carbocycles. The molecule has 3 aromatic rings. The largest absolute Gasteiger partial charge is 0.545 e. The van der Waals surface area contributed by atoms with Crippen LogP contribution in [0.2, 0.25) is 0 Å². The molecule has 0 radical (unpaired) electrons. The molecule has 8 nitrogen and oxygen atoms in total. The molecule has 0 aliphatic carbocycles. The van der Waals surface area contributed by atoms with Crippen LogP contribution in [0.15, 0.2) is 64.6 Å². The van der Waals surface area contributed by atoms with E-state index in [0.717, 1.165) is 12.1 Å². The Morgan fingerprint density at radius 2 is 1.84 bits per heavy atom. The van der Waals surface area contributed by atoms with Crippen molar-refractivity contribution in [3.8, 4) is 11.3 Å². The molecule has 4 amide bonds. The van der Waals surface area contributed by atoms with E-state index in [-0.39, 0.29) is 17.0 Å². The molecule has 2 aromatic carbocycles. The molecule has 0 atom stereocenters. The highest BCUT2D eigenvalue weighted by molar-refractivity contribution is 6.39. The fourth-order valence-electron chi connectivity index (χ4n) is 3.29. The lowest BCUT2D eigenvalue weighted by molar-refractivity contribution is -0.255. The maximum atomic E-state index is 14.1.